The third-order valence-corrected chi connectivity index (χ3v) is 5.16. The number of anilines is 2. The molecule has 1 N–H and O–H groups in total. The molecule has 1 fully saturated rings. The van der Waals surface area contributed by atoms with Crippen molar-refractivity contribution in [3.63, 3.8) is 0 Å². The molecule has 3 rings (SSSR count). The van der Waals surface area contributed by atoms with Crippen LogP contribution in [0.4, 0.5) is 10.8 Å². The maximum absolute atomic E-state index is 12.4. The summed E-state index contributed by atoms with van der Waals surface area (Å²) in [6, 6.07) is 5.78. The van der Waals surface area contributed by atoms with Gasteiger partial charge in [-0.2, -0.15) is 0 Å². The third kappa shape index (κ3) is 3.45. The Hall–Kier alpha value is -1.73. The number of rotatable bonds is 3. The highest BCUT2D eigenvalue weighted by molar-refractivity contribution is 9.10. The molecule has 120 valence electrons. The van der Waals surface area contributed by atoms with Crippen LogP contribution in [0.5, 0.6) is 0 Å². The monoisotopic (exact) mass is 393 g/mol. The Morgan fingerprint density at radius 2 is 2.22 bits per heavy atom. The van der Waals surface area contributed by atoms with E-state index < -0.39 is 0 Å². The largest absolute Gasteiger partial charge is 0.311 e. The van der Waals surface area contributed by atoms with E-state index >= 15 is 0 Å². The smallest absolute Gasteiger partial charge is 0.231 e. The van der Waals surface area contributed by atoms with Crippen molar-refractivity contribution >= 4 is 49.9 Å². The first-order valence-electron chi connectivity index (χ1n) is 7.23. The molecule has 2 aromatic rings. The molecule has 0 bridgehead atoms. The summed E-state index contributed by atoms with van der Waals surface area (Å²) in [5.74, 6) is -0.523. The van der Waals surface area contributed by atoms with E-state index in [1.807, 2.05) is 37.4 Å². The fourth-order valence-corrected chi connectivity index (χ4v) is 3.82. The number of nitrogens with zero attached hydrogens (tertiary/aromatic N) is 2. The first-order valence-corrected chi connectivity index (χ1v) is 8.91. The number of aromatic nitrogens is 1. The molecule has 1 aromatic carbocycles. The number of amides is 2. The summed E-state index contributed by atoms with van der Waals surface area (Å²) in [6.07, 6.45) is 0.228. The number of carbonyl (C=O) groups excluding carboxylic acids is 2. The van der Waals surface area contributed by atoms with Gasteiger partial charge in [0, 0.05) is 28.5 Å². The SMILES string of the molecule is Cc1csc(NC(=O)[C@H]2CC(=O)N(c3ccc(Br)cc3C)C2)n1. The van der Waals surface area contributed by atoms with Crippen LogP contribution < -0.4 is 10.2 Å². The van der Waals surface area contributed by atoms with E-state index in [0.29, 0.717) is 11.7 Å². The van der Waals surface area contributed by atoms with E-state index in [-0.39, 0.29) is 24.2 Å². The van der Waals surface area contributed by atoms with E-state index in [1.54, 1.807) is 4.90 Å². The van der Waals surface area contributed by atoms with Crippen LogP contribution in [-0.2, 0) is 9.59 Å². The lowest BCUT2D eigenvalue weighted by atomic mass is 10.1. The summed E-state index contributed by atoms with van der Waals surface area (Å²) in [7, 11) is 0. The zero-order valence-electron chi connectivity index (χ0n) is 12.8. The zero-order chi connectivity index (χ0) is 16.6. The van der Waals surface area contributed by atoms with Crippen LogP contribution in [0.2, 0.25) is 0 Å². The Morgan fingerprint density at radius 1 is 1.43 bits per heavy atom. The standard InChI is InChI=1S/C16H16BrN3O2S/c1-9-5-12(17)3-4-13(9)20-7-11(6-14(20)21)15(22)19-16-18-10(2)8-23-16/h3-5,8,11H,6-7H2,1-2H3,(H,18,19,22)/t11-/m0/s1. The van der Waals surface area contributed by atoms with Gasteiger partial charge >= 0.3 is 0 Å². The summed E-state index contributed by atoms with van der Waals surface area (Å²) in [5, 5.41) is 5.27. The second-order valence-electron chi connectivity index (χ2n) is 5.62. The molecule has 2 heterocycles. The van der Waals surface area contributed by atoms with Crippen LogP contribution in [0.1, 0.15) is 17.7 Å². The molecule has 0 spiro atoms. The minimum absolute atomic E-state index is 0.0223. The minimum atomic E-state index is -0.352. The van der Waals surface area contributed by atoms with Crippen molar-refractivity contribution in [2.24, 2.45) is 5.92 Å². The lowest BCUT2D eigenvalue weighted by Crippen LogP contribution is -2.28. The Bertz CT molecular complexity index is 774. The van der Waals surface area contributed by atoms with Crippen LogP contribution in [0.3, 0.4) is 0 Å². The molecule has 0 radical (unpaired) electrons. The van der Waals surface area contributed by atoms with Crippen molar-refractivity contribution in [3.8, 4) is 0 Å². The lowest BCUT2D eigenvalue weighted by Gasteiger charge is -2.19. The van der Waals surface area contributed by atoms with Gasteiger partial charge in [0.25, 0.3) is 0 Å². The van der Waals surface area contributed by atoms with Crippen molar-refractivity contribution in [1.82, 2.24) is 4.98 Å². The minimum Gasteiger partial charge on any atom is -0.311 e. The Morgan fingerprint density at radius 3 is 2.87 bits per heavy atom. The summed E-state index contributed by atoms with van der Waals surface area (Å²) < 4.78 is 0.971. The van der Waals surface area contributed by atoms with E-state index in [9.17, 15) is 9.59 Å². The van der Waals surface area contributed by atoms with Crippen LogP contribution in [-0.4, -0.2) is 23.3 Å². The second-order valence-corrected chi connectivity index (χ2v) is 7.39. The molecule has 2 amide bonds. The molecule has 23 heavy (non-hydrogen) atoms. The first-order chi connectivity index (χ1) is 10.9. The quantitative estimate of drug-likeness (QED) is 0.867. The predicted molar refractivity (Wildman–Crippen MR) is 94.8 cm³/mol. The Kier molecular flexibility index (Phi) is 4.50. The van der Waals surface area contributed by atoms with Crippen LogP contribution in [0.15, 0.2) is 28.1 Å². The summed E-state index contributed by atoms with van der Waals surface area (Å²) in [4.78, 5) is 30.6. The number of nitrogens with one attached hydrogen (secondary N) is 1. The second kappa shape index (κ2) is 6.41. The van der Waals surface area contributed by atoms with E-state index in [4.69, 9.17) is 0 Å². The van der Waals surface area contributed by atoms with Gasteiger partial charge < -0.3 is 10.2 Å². The molecule has 0 unspecified atom stereocenters. The molecule has 0 aliphatic carbocycles. The number of benzene rings is 1. The Labute approximate surface area is 146 Å². The maximum atomic E-state index is 12.4. The van der Waals surface area contributed by atoms with E-state index in [2.05, 4.69) is 26.2 Å². The number of hydrogen-bond donors (Lipinski definition) is 1. The first kappa shape index (κ1) is 16.1. The van der Waals surface area contributed by atoms with Crippen molar-refractivity contribution in [3.05, 3.63) is 39.3 Å². The molecular formula is C16H16BrN3O2S. The van der Waals surface area contributed by atoms with Crippen LogP contribution in [0, 0.1) is 19.8 Å². The number of thiazole rings is 1. The maximum Gasteiger partial charge on any atom is 0.231 e. The van der Waals surface area contributed by atoms with Crippen molar-refractivity contribution < 1.29 is 9.59 Å². The lowest BCUT2D eigenvalue weighted by molar-refractivity contribution is -0.122. The predicted octanol–water partition coefficient (Wildman–Crippen LogP) is 3.51. The van der Waals surface area contributed by atoms with Gasteiger partial charge in [-0.25, -0.2) is 4.98 Å². The summed E-state index contributed by atoms with van der Waals surface area (Å²) in [6.45, 7) is 4.24. The number of aryl methyl sites for hydroxylation is 2. The number of carbonyl (C=O) groups is 2. The van der Waals surface area contributed by atoms with Gasteiger partial charge in [0.15, 0.2) is 5.13 Å². The molecular weight excluding hydrogens is 378 g/mol. The van der Waals surface area contributed by atoms with Crippen LogP contribution in [0.25, 0.3) is 0 Å². The van der Waals surface area contributed by atoms with E-state index in [1.165, 1.54) is 11.3 Å². The van der Waals surface area contributed by atoms with Gasteiger partial charge in [0.2, 0.25) is 11.8 Å². The summed E-state index contributed by atoms with van der Waals surface area (Å²) in [5.41, 5.74) is 2.74. The normalized spacial score (nSPS) is 17.6. The molecule has 1 atom stereocenters. The van der Waals surface area contributed by atoms with Gasteiger partial charge in [-0.1, -0.05) is 15.9 Å². The van der Waals surface area contributed by atoms with Gasteiger partial charge in [-0.15, -0.1) is 11.3 Å². The molecule has 0 saturated carbocycles. The van der Waals surface area contributed by atoms with Crippen LogP contribution >= 0.6 is 27.3 Å². The number of halogens is 1. The fraction of sp³-hybridized carbons (Fsp3) is 0.312. The van der Waals surface area contributed by atoms with Crippen molar-refractivity contribution in [2.75, 3.05) is 16.8 Å². The molecule has 7 heteroatoms. The van der Waals surface area contributed by atoms with Crippen molar-refractivity contribution in [1.29, 1.82) is 0 Å². The van der Waals surface area contributed by atoms with E-state index in [0.717, 1.165) is 21.4 Å². The highest BCUT2D eigenvalue weighted by Crippen LogP contribution is 2.30. The topological polar surface area (TPSA) is 62.3 Å². The molecule has 1 saturated heterocycles. The molecule has 5 nitrogen and oxygen atoms in total. The molecule has 1 aliphatic heterocycles. The summed E-state index contributed by atoms with van der Waals surface area (Å²) >= 11 is 4.81. The van der Waals surface area contributed by atoms with Gasteiger partial charge in [0.1, 0.15) is 0 Å². The third-order valence-electron chi connectivity index (χ3n) is 3.79. The van der Waals surface area contributed by atoms with Gasteiger partial charge in [-0.3, -0.25) is 9.59 Å². The van der Waals surface area contributed by atoms with Crippen molar-refractivity contribution in [2.45, 2.75) is 20.3 Å². The average Bonchev–Trinajstić information content (AvgIpc) is 3.05. The zero-order valence-corrected chi connectivity index (χ0v) is 15.2. The van der Waals surface area contributed by atoms with Gasteiger partial charge in [-0.05, 0) is 37.6 Å². The Balaban J connectivity index is 1.73. The average molecular weight is 394 g/mol. The van der Waals surface area contributed by atoms with Gasteiger partial charge in [0.05, 0.1) is 11.6 Å². The fourth-order valence-electron chi connectivity index (χ4n) is 2.66. The number of hydrogen-bond acceptors (Lipinski definition) is 4. The molecule has 1 aromatic heterocycles. The molecule has 1 aliphatic rings. The highest BCUT2D eigenvalue weighted by Gasteiger charge is 2.35. The highest BCUT2D eigenvalue weighted by atomic mass is 79.9.